The predicted molar refractivity (Wildman–Crippen MR) is 103 cm³/mol. The molecule has 4 rings (SSSR count). The molecule has 1 aromatic heterocycles. The number of ether oxygens (including phenoxy) is 1. The lowest BCUT2D eigenvalue weighted by molar-refractivity contribution is 0.0819. The van der Waals surface area contributed by atoms with E-state index in [-0.39, 0.29) is 17.4 Å². The number of rotatable bonds is 4. The van der Waals surface area contributed by atoms with Gasteiger partial charge in [0.25, 0.3) is 5.91 Å². The van der Waals surface area contributed by atoms with Crippen LogP contribution in [0.4, 0.5) is 15.8 Å². The van der Waals surface area contributed by atoms with E-state index in [0.29, 0.717) is 22.7 Å². The third-order valence-electron chi connectivity index (χ3n) is 5.01. The van der Waals surface area contributed by atoms with E-state index in [9.17, 15) is 9.18 Å². The zero-order valence-electron chi connectivity index (χ0n) is 15.0. The first-order valence-corrected chi connectivity index (χ1v) is 8.97. The van der Waals surface area contributed by atoms with Crippen molar-refractivity contribution in [3.8, 4) is 0 Å². The van der Waals surface area contributed by atoms with Crippen molar-refractivity contribution < 1.29 is 13.9 Å². The number of piperidine rings is 1. The molecule has 0 bridgehead atoms. The minimum atomic E-state index is -0.372. The number of H-pyrrole nitrogens is 1. The average Bonchev–Trinajstić information content (AvgIpc) is 3.12. The second-order valence-electron chi connectivity index (χ2n) is 6.69. The minimum Gasteiger partial charge on any atom is -0.381 e. The van der Waals surface area contributed by atoms with Crippen molar-refractivity contribution in [2.75, 3.05) is 30.4 Å². The maximum Gasteiger partial charge on any atom is 0.276 e. The number of halogens is 1. The van der Waals surface area contributed by atoms with Crippen LogP contribution < -0.4 is 10.2 Å². The van der Waals surface area contributed by atoms with Gasteiger partial charge in [-0.2, -0.15) is 5.10 Å². The van der Waals surface area contributed by atoms with Crippen molar-refractivity contribution in [1.29, 1.82) is 0 Å². The first-order valence-electron chi connectivity index (χ1n) is 8.97. The Morgan fingerprint density at radius 3 is 2.67 bits per heavy atom. The van der Waals surface area contributed by atoms with Gasteiger partial charge in [0.1, 0.15) is 5.82 Å². The van der Waals surface area contributed by atoms with Gasteiger partial charge in [-0.3, -0.25) is 9.89 Å². The first kappa shape index (κ1) is 17.5. The fourth-order valence-corrected chi connectivity index (χ4v) is 3.46. The largest absolute Gasteiger partial charge is 0.381 e. The molecule has 2 heterocycles. The van der Waals surface area contributed by atoms with Gasteiger partial charge < -0.3 is 15.0 Å². The smallest absolute Gasteiger partial charge is 0.276 e. The second kappa shape index (κ2) is 7.36. The lowest BCUT2D eigenvalue weighted by atomic mass is 10.1. The fourth-order valence-electron chi connectivity index (χ4n) is 3.46. The lowest BCUT2D eigenvalue weighted by Crippen LogP contribution is -2.36. The number of hydrogen-bond donors (Lipinski definition) is 2. The highest BCUT2D eigenvalue weighted by Crippen LogP contribution is 2.24. The summed E-state index contributed by atoms with van der Waals surface area (Å²) in [5.74, 6) is -0.704. The molecular formula is C20H21FN4O2. The van der Waals surface area contributed by atoms with Crippen LogP contribution in [0.1, 0.15) is 23.3 Å². The standard InChI is InChI=1S/C20H21FN4O2/c1-27-16-8-10-25(11-9-16)15-5-3-14(4-6-15)22-20(26)19-17-7-2-13(21)12-18(17)23-24-19/h2-7,12,16H,8-11H2,1H3,(H,22,26)(H,23,24). The fraction of sp³-hybridized carbons (Fsp3) is 0.300. The van der Waals surface area contributed by atoms with E-state index < -0.39 is 0 Å². The molecule has 2 aromatic carbocycles. The third-order valence-corrected chi connectivity index (χ3v) is 5.01. The molecule has 27 heavy (non-hydrogen) atoms. The van der Waals surface area contributed by atoms with Crippen LogP contribution in [0.3, 0.4) is 0 Å². The SMILES string of the molecule is COC1CCN(c2ccc(NC(=O)c3n[nH]c4cc(F)ccc34)cc2)CC1. The van der Waals surface area contributed by atoms with E-state index in [0.717, 1.165) is 31.6 Å². The normalized spacial score (nSPS) is 15.3. The summed E-state index contributed by atoms with van der Waals surface area (Å²) in [6.45, 7) is 1.92. The zero-order valence-corrected chi connectivity index (χ0v) is 15.0. The monoisotopic (exact) mass is 368 g/mol. The average molecular weight is 368 g/mol. The van der Waals surface area contributed by atoms with Crippen LogP contribution in [0, 0.1) is 5.82 Å². The molecule has 0 radical (unpaired) electrons. The summed E-state index contributed by atoms with van der Waals surface area (Å²) in [5, 5.41) is 10.1. The number of nitrogens with zero attached hydrogens (tertiary/aromatic N) is 2. The van der Waals surface area contributed by atoms with E-state index in [4.69, 9.17) is 4.74 Å². The lowest BCUT2D eigenvalue weighted by Gasteiger charge is -2.33. The molecule has 7 heteroatoms. The summed E-state index contributed by atoms with van der Waals surface area (Å²) in [5.41, 5.74) is 2.56. The molecule has 6 nitrogen and oxygen atoms in total. The van der Waals surface area contributed by atoms with Gasteiger partial charge in [0.15, 0.2) is 5.69 Å². The Kier molecular flexibility index (Phi) is 4.77. The number of nitrogens with one attached hydrogen (secondary N) is 2. The van der Waals surface area contributed by atoms with Gasteiger partial charge in [0, 0.05) is 37.0 Å². The van der Waals surface area contributed by atoms with E-state index in [1.807, 2.05) is 24.3 Å². The van der Waals surface area contributed by atoms with E-state index in [1.54, 1.807) is 13.2 Å². The number of carbonyl (C=O) groups excluding carboxylic acids is 1. The topological polar surface area (TPSA) is 70.2 Å². The van der Waals surface area contributed by atoms with Gasteiger partial charge in [0.2, 0.25) is 0 Å². The van der Waals surface area contributed by atoms with E-state index >= 15 is 0 Å². The third kappa shape index (κ3) is 3.64. The predicted octanol–water partition coefficient (Wildman–Crippen LogP) is 3.57. The highest BCUT2D eigenvalue weighted by Gasteiger charge is 2.19. The van der Waals surface area contributed by atoms with Crippen LogP contribution in [0.15, 0.2) is 42.5 Å². The van der Waals surface area contributed by atoms with Crippen LogP contribution in [-0.2, 0) is 4.74 Å². The molecule has 1 fully saturated rings. The van der Waals surface area contributed by atoms with Crippen LogP contribution in [0.5, 0.6) is 0 Å². The maximum absolute atomic E-state index is 13.3. The Morgan fingerprint density at radius 2 is 1.96 bits per heavy atom. The molecule has 140 valence electrons. The van der Waals surface area contributed by atoms with Crippen molar-refractivity contribution >= 4 is 28.2 Å². The number of methoxy groups -OCH3 is 1. The molecular weight excluding hydrogens is 347 g/mol. The van der Waals surface area contributed by atoms with Crippen LogP contribution >= 0.6 is 0 Å². The maximum atomic E-state index is 13.3. The molecule has 1 aliphatic heterocycles. The summed E-state index contributed by atoms with van der Waals surface area (Å²) in [6, 6.07) is 11.9. The number of aromatic amines is 1. The highest BCUT2D eigenvalue weighted by molar-refractivity contribution is 6.11. The van der Waals surface area contributed by atoms with Gasteiger partial charge >= 0.3 is 0 Å². The van der Waals surface area contributed by atoms with E-state index in [1.165, 1.54) is 12.1 Å². The highest BCUT2D eigenvalue weighted by atomic mass is 19.1. The zero-order chi connectivity index (χ0) is 18.8. The summed E-state index contributed by atoms with van der Waals surface area (Å²) in [4.78, 5) is 14.8. The number of aromatic nitrogens is 2. The Bertz CT molecular complexity index is 946. The van der Waals surface area contributed by atoms with Crippen LogP contribution in [0.25, 0.3) is 10.9 Å². The van der Waals surface area contributed by atoms with Gasteiger partial charge in [-0.25, -0.2) is 4.39 Å². The molecule has 1 amide bonds. The molecule has 3 aromatic rings. The van der Waals surface area contributed by atoms with Gasteiger partial charge in [-0.15, -0.1) is 0 Å². The Balaban J connectivity index is 1.44. The number of amides is 1. The molecule has 0 aliphatic carbocycles. The molecule has 0 unspecified atom stereocenters. The Labute approximate surface area is 156 Å². The van der Waals surface area contributed by atoms with Gasteiger partial charge in [-0.05, 0) is 55.3 Å². The van der Waals surface area contributed by atoms with Crippen LogP contribution in [0.2, 0.25) is 0 Å². The van der Waals surface area contributed by atoms with E-state index in [2.05, 4.69) is 20.4 Å². The van der Waals surface area contributed by atoms with Crippen molar-refractivity contribution in [2.24, 2.45) is 0 Å². The van der Waals surface area contributed by atoms with Crippen LogP contribution in [-0.4, -0.2) is 42.4 Å². The second-order valence-corrected chi connectivity index (χ2v) is 6.69. The first-order chi connectivity index (χ1) is 13.1. The summed E-state index contributed by atoms with van der Waals surface area (Å²) in [7, 11) is 1.76. The number of hydrogen-bond acceptors (Lipinski definition) is 4. The van der Waals surface area contributed by atoms with Crippen molar-refractivity contribution in [1.82, 2.24) is 10.2 Å². The molecule has 0 spiro atoms. The Morgan fingerprint density at radius 1 is 1.22 bits per heavy atom. The number of fused-ring (bicyclic) bond motifs is 1. The summed E-state index contributed by atoms with van der Waals surface area (Å²) in [6.07, 6.45) is 2.38. The number of anilines is 2. The number of carbonyl (C=O) groups is 1. The minimum absolute atomic E-state index is 0.246. The summed E-state index contributed by atoms with van der Waals surface area (Å²) >= 11 is 0. The molecule has 1 aliphatic rings. The quantitative estimate of drug-likeness (QED) is 0.739. The Hall–Kier alpha value is -2.93. The molecule has 0 atom stereocenters. The number of benzene rings is 2. The van der Waals surface area contributed by atoms with Crippen molar-refractivity contribution in [2.45, 2.75) is 18.9 Å². The molecule has 2 N–H and O–H groups in total. The molecule has 0 saturated carbocycles. The van der Waals surface area contributed by atoms with Gasteiger partial charge in [0.05, 0.1) is 11.6 Å². The molecule has 1 saturated heterocycles. The van der Waals surface area contributed by atoms with Gasteiger partial charge in [-0.1, -0.05) is 0 Å². The summed E-state index contributed by atoms with van der Waals surface area (Å²) < 4.78 is 18.7. The van der Waals surface area contributed by atoms with Crippen molar-refractivity contribution in [3.05, 3.63) is 54.0 Å². The van der Waals surface area contributed by atoms with Crippen molar-refractivity contribution in [3.63, 3.8) is 0 Å².